The van der Waals surface area contributed by atoms with E-state index in [4.69, 9.17) is 9.97 Å². The average molecular weight is 673 g/mol. The molecular weight excluding hydrogens is 641 g/mol. The third kappa shape index (κ3) is 5.76. The van der Waals surface area contributed by atoms with Crippen molar-refractivity contribution in [1.82, 2.24) is 9.97 Å². The molecule has 4 heteroatoms. The summed E-state index contributed by atoms with van der Waals surface area (Å²) >= 11 is 1.87. The zero-order valence-corrected chi connectivity index (χ0v) is 28.7. The second kappa shape index (κ2) is 12.8. The summed E-state index contributed by atoms with van der Waals surface area (Å²) in [6.07, 6.45) is 0. The molecule has 0 bridgehead atoms. The summed E-state index contributed by atoms with van der Waals surface area (Å²) in [6, 6.07) is 58.6. The van der Waals surface area contributed by atoms with E-state index in [1.54, 1.807) is 6.07 Å². The molecule has 0 fully saturated rings. The molecule has 9 aromatic rings. The highest BCUT2D eigenvalue weighted by Crippen LogP contribution is 2.44. The van der Waals surface area contributed by atoms with Gasteiger partial charge in [-0.2, -0.15) is 0 Å². The summed E-state index contributed by atoms with van der Waals surface area (Å²) in [5.74, 6) is 0.205. The first kappa shape index (κ1) is 30.7. The maximum atomic E-state index is 10.8. The van der Waals surface area contributed by atoms with Gasteiger partial charge in [0.25, 0.3) is 0 Å². The van der Waals surface area contributed by atoms with Crippen molar-refractivity contribution in [1.29, 1.82) is 0 Å². The molecule has 0 radical (unpaired) electrons. The lowest BCUT2D eigenvalue weighted by molar-refractivity contribution is 0.477. The largest absolute Gasteiger partial charge is 0.507 e. The Hall–Kier alpha value is -6.36. The van der Waals surface area contributed by atoms with Crippen LogP contribution in [0, 0.1) is 6.92 Å². The van der Waals surface area contributed by atoms with E-state index < -0.39 is 0 Å². The molecule has 51 heavy (non-hydrogen) atoms. The molecule has 0 saturated heterocycles. The summed E-state index contributed by atoms with van der Waals surface area (Å²) in [6.45, 7) is 2.07. The minimum atomic E-state index is 0.205. The molecular formula is C47H32N2OS. The Morgan fingerprint density at radius 2 is 0.902 bits per heavy atom. The summed E-state index contributed by atoms with van der Waals surface area (Å²) in [7, 11) is 0. The highest BCUT2D eigenvalue weighted by Gasteiger charge is 2.16. The molecule has 3 aromatic heterocycles. The first-order chi connectivity index (χ1) is 25.1. The second-order valence-corrected chi connectivity index (χ2v) is 13.8. The number of phenolic OH excluding ortho intramolecular Hbond substituents is 1. The SMILES string of the molecule is Cc1cc(-c2cccc3c2sc2c(-c4ccccc4)cccc23)cc(-c2cccc(-c3cc(-c4ccccc4)cc(-c4ccccc4O)n3)c2)n1. The number of aromatic nitrogens is 2. The molecule has 6 aromatic carbocycles. The van der Waals surface area contributed by atoms with E-state index in [0.717, 1.165) is 50.6 Å². The molecule has 0 aliphatic carbocycles. The number of hydrogen-bond acceptors (Lipinski definition) is 4. The van der Waals surface area contributed by atoms with Gasteiger partial charge in [-0.05, 0) is 82.8 Å². The van der Waals surface area contributed by atoms with E-state index in [2.05, 4.69) is 128 Å². The van der Waals surface area contributed by atoms with Crippen molar-refractivity contribution in [3.63, 3.8) is 0 Å². The number of benzene rings is 6. The highest BCUT2D eigenvalue weighted by molar-refractivity contribution is 7.26. The summed E-state index contributed by atoms with van der Waals surface area (Å²) < 4.78 is 2.58. The lowest BCUT2D eigenvalue weighted by Gasteiger charge is -2.13. The van der Waals surface area contributed by atoms with Gasteiger partial charge in [0.2, 0.25) is 0 Å². The molecule has 3 nitrogen and oxygen atoms in total. The van der Waals surface area contributed by atoms with Gasteiger partial charge in [0.15, 0.2) is 0 Å². The van der Waals surface area contributed by atoms with E-state index >= 15 is 0 Å². The van der Waals surface area contributed by atoms with Gasteiger partial charge >= 0.3 is 0 Å². The number of para-hydroxylation sites is 1. The van der Waals surface area contributed by atoms with Gasteiger partial charge in [0.05, 0.1) is 17.1 Å². The Morgan fingerprint density at radius 3 is 1.59 bits per heavy atom. The number of nitrogens with zero attached hydrogens (tertiary/aromatic N) is 2. The molecule has 3 heterocycles. The molecule has 0 atom stereocenters. The Kier molecular flexibility index (Phi) is 7.72. The van der Waals surface area contributed by atoms with E-state index in [0.29, 0.717) is 5.56 Å². The molecule has 0 saturated carbocycles. The number of pyridine rings is 2. The minimum Gasteiger partial charge on any atom is -0.507 e. The summed E-state index contributed by atoms with van der Waals surface area (Å²) in [4.78, 5) is 10.1. The third-order valence-electron chi connectivity index (χ3n) is 9.44. The fraction of sp³-hybridized carbons (Fsp3) is 0.0213. The van der Waals surface area contributed by atoms with Crippen LogP contribution in [0.25, 0.3) is 87.3 Å². The molecule has 0 aliphatic rings. The Labute approximate surface area is 300 Å². The third-order valence-corrected chi connectivity index (χ3v) is 10.7. The van der Waals surface area contributed by atoms with Crippen LogP contribution >= 0.6 is 11.3 Å². The predicted molar refractivity (Wildman–Crippen MR) is 214 cm³/mol. The van der Waals surface area contributed by atoms with Gasteiger partial charge in [-0.15, -0.1) is 11.3 Å². The fourth-order valence-electron chi connectivity index (χ4n) is 7.01. The molecule has 0 amide bonds. The van der Waals surface area contributed by atoms with Gasteiger partial charge < -0.3 is 5.11 Å². The lowest BCUT2D eigenvalue weighted by Crippen LogP contribution is -1.93. The molecule has 1 N–H and O–H groups in total. The second-order valence-electron chi connectivity index (χ2n) is 12.8. The van der Waals surface area contributed by atoms with Crippen LogP contribution in [0.1, 0.15) is 5.69 Å². The van der Waals surface area contributed by atoms with Crippen LogP contribution in [0.4, 0.5) is 0 Å². The lowest BCUT2D eigenvalue weighted by atomic mass is 9.97. The van der Waals surface area contributed by atoms with Crippen LogP contribution in [0.5, 0.6) is 5.75 Å². The Bertz CT molecular complexity index is 2720. The highest BCUT2D eigenvalue weighted by atomic mass is 32.1. The number of phenols is 1. The van der Waals surface area contributed by atoms with E-state index in [9.17, 15) is 5.11 Å². The zero-order chi connectivity index (χ0) is 34.3. The summed E-state index contributed by atoms with van der Waals surface area (Å²) in [5.41, 5.74) is 13.1. The quantitative estimate of drug-likeness (QED) is 0.191. The molecule has 0 unspecified atom stereocenters. The van der Waals surface area contributed by atoms with Crippen molar-refractivity contribution in [2.24, 2.45) is 0 Å². The van der Waals surface area contributed by atoms with Crippen LogP contribution in [-0.2, 0) is 0 Å². The number of rotatable bonds is 6. The number of aryl methyl sites for hydroxylation is 1. The number of aromatic hydroxyl groups is 1. The van der Waals surface area contributed by atoms with E-state index in [1.165, 1.54) is 36.9 Å². The fourth-order valence-corrected chi connectivity index (χ4v) is 8.38. The predicted octanol–water partition coefficient (Wildman–Crippen LogP) is 12.9. The smallest absolute Gasteiger partial charge is 0.124 e. The normalized spacial score (nSPS) is 11.3. The average Bonchev–Trinajstić information content (AvgIpc) is 3.58. The number of hydrogen-bond donors (Lipinski definition) is 1. The standard InChI is InChI=1S/C47H32N2OS/c1-30-25-36(38-21-12-23-40-39-22-11-20-37(46(39)51-47(38)40)32-15-6-3-7-16-32)29-42(48-30)33-17-10-18-34(26-33)43-27-35(31-13-4-2-5-14-31)28-44(49-43)41-19-8-9-24-45(41)50/h2-29,50H,1H3. The van der Waals surface area contributed by atoms with Crippen LogP contribution in [0.3, 0.4) is 0 Å². The topological polar surface area (TPSA) is 46.0 Å². The van der Waals surface area contributed by atoms with Crippen molar-refractivity contribution >= 4 is 31.5 Å². The zero-order valence-electron chi connectivity index (χ0n) is 27.9. The molecule has 9 rings (SSSR count). The molecule has 0 aliphatic heterocycles. The van der Waals surface area contributed by atoms with Crippen molar-refractivity contribution in [3.8, 4) is 72.9 Å². The monoisotopic (exact) mass is 672 g/mol. The summed E-state index contributed by atoms with van der Waals surface area (Å²) in [5, 5.41) is 13.3. The van der Waals surface area contributed by atoms with Crippen LogP contribution < -0.4 is 0 Å². The van der Waals surface area contributed by atoms with Crippen LogP contribution in [-0.4, -0.2) is 15.1 Å². The first-order valence-electron chi connectivity index (χ1n) is 17.0. The van der Waals surface area contributed by atoms with Gasteiger partial charge in [0.1, 0.15) is 5.75 Å². The van der Waals surface area contributed by atoms with Crippen molar-refractivity contribution in [3.05, 3.63) is 176 Å². The van der Waals surface area contributed by atoms with Gasteiger partial charge in [0, 0.05) is 42.6 Å². The van der Waals surface area contributed by atoms with Gasteiger partial charge in [-0.1, -0.05) is 127 Å². The Balaban J connectivity index is 1.16. The van der Waals surface area contributed by atoms with Crippen molar-refractivity contribution < 1.29 is 5.11 Å². The number of fused-ring (bicyclic) bond motifs is 3. The number of thiophene rings is 1. The van der Waals surface area contributed by atoms with Gasteiger partial charge in [-0.25, -0.2) is 4.98 Å². The van der Waals surface area contributed by atoms with Gasteiger partial charge in [-0.3, -0.25) is 4.98 Å². The Morgan fingerprint density at radius 1 is 0.392 bits per heavy atom. The van der Waals surface area contributed by atoms with Crippen molar-refractivity contribution in [2.45, 2.75) is 6.92 Å². The van der Waals surface area contributed by atoms with E-state index in [1.807, 2.05) is 53.8 Å². The van der Waals surface area contributed by atoms with E-state index in [-0.39, 0.29) is 5.75 Å². The molecule has 0 spiro atoms. The first-order valence-corrected chi connectivity index (χ1v) is 17.9. The van der Waals surface area contributed by atoms with Crippen LogP contribution in [0.2, 0.25) is 0 Å². The maximum absolute atomic E-state index is 10.8. The maximum Gasteiger partial charge on any atom is 0.124 e. The minimum absolute atomic E-state index is 0.205. The van der Waals surface area contributed by atoms with Crippen LogP contribution in [0.15, 0.2) is 170 Å². The molecule has 242 valence electrons. The van der Waals surface area contributed by atoms with Crippen molar-refractivity contribution in [2.75, 3.05) is 0 Å².